The lowest BCUT2D eigenvalue weighted by atomic mass is 10.1. The minimum atomic E-state index is -0.115. The molecule has 1 aliphatic heterocycles. The molecule has 1 aliphatic rings. The smallest absolute Gasteiger partial charge is 0.256 e. The molecule has 0 fully saturated rings. The number of hydrogen-bond donors (Lipinski definition) is 1. The van der Waals surface area contributed by atoms with Crippen LogP contribution in [0.3, 0.4) is 0 Å². The van der Waals surface area contributed by atoms with Crippen LogP contribution in [0.5, 0.6) is 0 Å². The highest BCUT2D eigenvalue weighted by Crippen LogP contribution is 2.26. The van der Waals surface area contributed by atoms with E-state index in [1.54, 1.807) is 4.90 Å². The lowest BCUT2D eigenvalue weighted by Crippen LogP contribution is -2.25. The summed E-state index contributed by atoms with van der Waals surface area (Å²) >= 11 is 6.02. The monoisotopic (exact) mass is 273 g/mol. The van der Waals surface area contributed by atoms with Crippen molar-refractivity contribution in [3.63, 3.8) is 0 Å². The Morgan fingerprint density at radius 3 is 2.53 bits per heavy atom. The summed E-state index contributed by atoms with van der Waals surface area (Å²) in [6.07, 6.45) is 1.41. The van der Waals surface area contributed by atoms with Crippen molar-refractivity contribution in [2.75, 3.05) is 5.73 Å². The lowest BCUT2D eigenvalue weighted by molar-refractivity contribution is 0.0751. The zero-order chi connectivity index (χ0) is 13.4. The van der Waals surface area contributed by atoms with E-state index in [9.17, 15) is 4.79 Å². The molecular formula is C14H12ClN3O. The van der Waals surface area contributed by atoms with Gasteiger partial charge in [0, 0.05) is 19.3 Å². The van der Waals surface area contributed by atoms with Gasteiger partial charge >= 0.3 is 0 Å². The molecule has 1 aromatic carbocycles. The quantitative estimate of drug-likeness (QED) is 0.868. The van der Waals surface area contributed by atoms with Crippen LogP contribution >= 0.6 is 11.6 Å². The van der Waals surface area contributed by atoms with Crippen molar-refractivity contribution < 1.29 is 4.79 Å². The molecule has 2 aromatic rings. The highest BCUT2D eigenvalue weighted by molar-refractivity contribution is 6.33. The minimum absolute atomic E-state index is 0.115. The minimum Gasteiger partial charge on any atom is -0.384 e. The third-order valence-corrected chi connectivity index (χ3v) is 3.54. The van der Waals surface area contributed by atoms with Gasteiger partial charge in [0.1, 0.15) is 5.82 Å². The van der Waals surface area contributed by atoms with E-state index in [0.29, 0.717) is 29.5 Å². The molecule has 3 rings (SSSR count). The normalized spacial score (nSPS) is 13.4. The third kappa shape index (κ3) is 2.15. The number of carbonyl (C=O) groups is 1. The maximum atomic E-state index is 12.4. The number of halogens is 1. The molecule has 19 heavy (non-hydrogen) atoms. The Morgan fingerprint density at radius 2 is 1.89 bits per heavy atom. The number of benzene rings is 1. The molecule has 0 unspecified atom stereocenters. The zero-order valence-electron chi connectivity index (χ0n) is 10.1. The fourth-order valence-corrected chi connectivity index (χ4v) is 2.45. The Balaban J connectivity index is 1.89. The SMILES string of the molecule is Nc1cc(C(=O)N2Cc3ccccc3C2)c(Cl)cn1. The molecule has 2 N–H and O–H groups in total. The summed E-state index contributed by atoms with van der Waals surface area (Å²) in [6, 6.07) is 9.54. The molecule has 0 spiro atoms. The van der Waals surface area contributed by atoms with E-state index in [1.165, 1.54) is 23.4 Å². The average molecular weight is 274 g/mol. The van der Waals surface area contributed by atoms with E-state index in [1.807, 2.05) is 24.3 Å². The molecule has 0 atom stereocenters. The van der Waals surface area contributed by atoms with Gasteiger partial charge in [-0.2, -0.15) is 0 Å². The van der Waals surface area contributed by atoms with Crippen molar-refractivity contribution in [3.8, 4) is 0 Å². The van der Waals surface area contributed by atoms with Gasteiger partial charge in [-0.05, 0) is 17.2 Å². The summed E-state index contributed by atoms with van der Waals surface area (Å²) in [6.45, 7) is 1.21. The molecule has 96 valence electrons. The molecule has 1 amide bonds. The van der Waals surface area contributed by atoms with Gasteiger partial charge in [0.25, 0.3) is 5.91 Å². The van der Waals surface area contributed by atoms with Crippen molar-refractivity contribution >= 4 is 23.3 Å². The number of aromatic nitrogens is 1. The summed E-state index contributed by atoms with van der Waals surface area (Å²) in [5.74, 6) is 0.180. The first-order chi connectivity index (χ1) is 9.15. The van der Waals surface area contributed by atoms with Crippen LogP contribution in [0, 0.1) is 0 Å². The van der Waals surface area contributed by atoms with Crippen LogP contribution in [0.15, 0.2) is 36.5 Å². The number of anilines is 1. The zero-order valence-corrected chi connectivity index (χ0v) is 10.9. The van der Waals surface area contributed by atoms with Gasteiger partial charge in [-0.15, -0.1) is 0 Å². The molecule has 1 aromatic heterocycles. The second kappa shape index (κ2) is 4.55. The fraction of sp³-hybridized carbons (Fsp3) is 0.143. The predicted octanol–water partition coefficient (Wildman–Crippen LogP) is 2.47. The van der Waals surface area contributed by atoms with Gasteiger partial charge in [-0.25, -0.2) is 4.98 Å². The van der Waals surface area contributed by atoms with Crippen LogP contribution < -0.4 is 5.73 Å². The number of nitrogen functional groups attached to an aromatic ring is 1. The Kier molecular flexibility index (Phi) is 2.87. The Labute approximate surface area is 115 Å². The van der Waals surface area contributed by atoms with Gasteiger partial charge in [0.2, 0.25) is 0 Å². The molecule has 5 heteroatoms. The van der Waals surface area contributed by atoms with Gasteiger partial charge in [0.05, 0.1) is 10.6 Å². The number of rotatable bonds is 1. The van der Waals surface area contributed by atoms with E-state index < -0.39 is 0 Å². The number of pyridine rings is 1. The van der Waals surface area contributed by atoms with Crippen molar-refractivity contribution in [1.82, 2.24) is 9.88 Å². The van der Waals surface area contributed by atoms with Crippen LogP contribution in [0.4, 0.5) is 5.82 Å². The van der Waals surface area contributed by atoms with Crippen molar-refractivity contribution in [1.29, 1.82) is 0 Å². The first kappa shape index (κ1) is 12.0. The number of nitrogens with two attached hydrogens (primary N) is 1. The van der Waals surface area contributed by atoms with Crippen molar-refractivity contribution in [2.24, 2.45) is 0 Å². The Hall–Kier alpha value is -2.07. The van der Waals surface area contributed by atoms with Gasteiger partial charge in [-0.3, -0.25) is 4.79 Å². The number of hydrogen-bond acceptors (Lipinski definition) is 3. The second-order valence-electron chi connectivity index (χ2n) is 4.52. The molecule has 0 radical (unpaired) electrons. The fourth-order valence-electron chi connectivity index (χ4n) is 2.27. The van der Waals surface area contributed by atoms with Crippen LogP contribution in [0.2, 0.25) is 5.02 Å². The average Bonchev–Trinajstić information content (AvgIpc) is 2.84. The maximum absolute atomic E-state index is 12.4. The molecular weight excluding hydrogens is 262 g/mol. The van der Waals surface area contributed by atoms with Gasteiger partial charge in [0.15, 0.2) is 0 Å². The summed E-state index contributed by atoms with van der Waals surface area (Å²) in [7, 11) is 0. The molecule has 0 saturated heterocycles. The Bertz CT molecular complexity index is 632. The van der Waals surface area contributed by atoms with Gasteiger partial charge in [-0.1, -0.05) is 35.9 Å². The molecule has 2 heterocycles. The number of amides is 1. The summed E-state index contributed by atoms with van der Waals surface area (Å²) in [5, 5.41) is 0.329. The Morgan fingerprint density at radius 1 is 1.26 bits per heavy atom. The van der Waals surface area contributed by atoms with Crippen LogP contribution in [-0.4, -0.2) is 15.8 Å². The van der Waals surface area contributed by atoms with E-state index in [0.717, 1.165) is 0 Å². The van der Waals surface area contributed by atoms with Crippen LogP contribution in [-0.2, 0) is 13.1 Å². The molecule has 0 saturated carbocycles. The van der Waals surface area contributed by atoms with E-state index in [-0.39, 0.29) is 5.91 Å². The number of nitrogens with zero attached hydrogens (tertiary/aromatic N) is 2. The highest BCUT2D eigenvalue weighted by Gasteiger charge is 2.25. The first-order valence-corrected chi connectivity index (χ1v) is 6.30. The molecule has 0 aliphatic carbocycles. The first-order valence-electron chi connectivity index (χ1n) is 5.92. The summed E-state index contributed by atoms with van der Waals surface area (Å²) < 4.78 is 0. The van der Waals surface area contributed by atoms with Crippen LogP contribution in [0.25, 0.3) is 0 Å². The van der Waals surface area contributed by atoms with Crippen LogP contribution in [0.1, 0.15) is 21.5 Å². The van der Waals surface area contributed by atoms with E-state index in [4.69, 9.17) is 17.3 Å². The van der Waals surface area contributed by atoms with E-state index >= 15 is 0 Å². The van der Waals surface area contributed by atoms with E-state index in [2.05, 4.69) is 4.98 Å². The lowest BCUT2D eigenvalue weighted by Gasteiger charge is -2.16. The summed E-state index contributed by atoms with van der Waals surface area (Å²) in [4.78, 5) is 18.1. The maximum Gasteiger partial charge on any atom is 0.256 e. The number of carbonyl (C=O) groups excluding carboxylic acids is 1. The van der Waals surface area contributed by atoms with Crippen molar-refractivity contribution in [3.05, 3.63) is 58.2 Å². The topological polar surface area (TPSA) is 59.2 Å². The third-order valence-electron chi connectivity index (χ3n) is 3.23. The number of fused-ring (bicyclic) bond motifs is 1. The van der Waals surface area contributed by atoms with Crippen molar-refractivity contribution in [2.45, 2.75) is 13.1 Å². The predicted molar refractivity (Wildman–Crippen MR) is 73.7 cm³/mol. The largest absolute Gasteiger partial charge is 0.384 e. The molecule has 0 bridgehead atoms. The summed E-state index contributed by atoms with van der Waals surface area (Å²) in [5.41, 5.74) is 8.36. The second-order valence-corrected chi connectivity index (χ2v) is 4.93. The highest BCUT2D eigenvalue weighted by atomic mass is 35.5. The van der Waals surface area contributed by atoms with Gasteiger partial charge < -0.3 is 10.6 Å². The molecule has 4 nitrogen and oxygen atoms in total. The standard InChI is InChI=1S/C14H12ClN3O/c15-12-6-17-13(16)5-11(12)14(19)18-7-9-3-1-2-4-10(9)8-18/h1-6H,7-8H2,(H2,16,17).